The molecule has 0 fully saturated rings. The molecule has 2 rings (SSSR count). The van der Waals surface area contributed by atoms with E-state index in [4.69, 9.17) is 11.6 Å². The van der Waals surface area contributed by atoms with Crippen LogP contribution in [-0.4, -0.2) is 0 Å². The molecule has 0 spiro atoms. The SMILES string of the molecule is CC(C)c1cc2cc(Cl)ccc2s1. The molecule has 0 bridgehead atoms. The number of fused-ring (bicyclic) bond motifs is 1. The molecule has 2 heteroatoms. The van der Waals surface area contributed by atoms with Crippen LogP contribution in [0.5, 0.6) is 0 Å². The van der Waals surface area contributed by atoms with Gasteiger partial charge in [0.25, 0.3) is 0 Å². The van der Waals surface area contributed by atoms with E-state index in [1.807, 2.05) is 23.5 Å². The van der Waals surface area contributed by atoms with Crippen LogP contribution in [0.25, 0.3) is 10.1 Å². The summed E-state index contributed by atoms with van der Waals surface area (Å²) in [6.45, 7) is 4.43. The number of hydrogen-bond acceptors (Lipinski definition) is 1. The van der Waals surface area contributed by atoms with Crippen LogP contribution in [0, 0.1) is 0 Å². The van der Waals surface area contributed by atoms with Gasteiger partial charge in [-0.3, -0.25) is 0 Å². The molecular formula is C11H11ClS. The number of thiophene rings is 1. The summed E-state index contributed by atoms with van der Waals surface area (Å²) in [7, 11) is 0. The lowest BCUT2D eigenvalue weighted by Crippen LogP contribution is -1.77. The quantitative estimate of drug-likeness (QED) is 0.641. The van der Waals surface area contributed by atoms with Crippen LogP contribution < -0.4 is 0 Å². The molecule has 0 amide bonds. The second-order valence-electron chi connectivity index (χ2n) is 3.49. The van der Waals surface area contributed by atoms with Gasteiger partial charge >= 0.3 is 0 Å². The van der Waals surface area contributed by atoms with E-state index in [2.05, 4.69) is 26.0 Å². The lowest BCUT2D eigenvalue weighted by Gasteiger charge is -1.96. The summed E-state index contributed by atoms with van der Waals surface area (Å²) in [4.78, 5) is 1.43. The fourth-order valence-electron chi connectivity index (χ4n) is 1.32. The first kappa shape index (κ1) is 9.04. The van der Waals surface area contributed by atoms with Crippen molar-refractivity contribution in [2.24, 2.45) is 0 Å². The molecule has 2 aromatic rings. The first-order valence-corrected chi connectivity index (χ1v) is 5.55. The predicted molar refractivity (Wildman–Crippen MR) is 60.9 cm³/mol. The van der Waals surface area contributed by atoms with Gasteiger partial charge in [-0.15, -0.1) is 11.3 Å². The van der Waals surface area contributed by atoms with Crippen molar-refractivity contribution in [3.8, 4) is 0 Å². The van der Waals surface area contributed by atoms with Crippen molar-refractivity contribution in [2.75, 3.05) is 0 Å². The summed E-state index contributed by atoms with van der Waals surface area (Å²) in [5, 5.41) is 2.09. The van der Waals surface area contributed by atoms with Gasteiger partial charge in [0.15, 0.2) is 0 Å². The second-order valence-corrected chi connectivity index (χ2v) is 5.04. The monoisotopic (exact) mass is 210 g/mol. The van der Waals surface area contributed by atoms with E-state index in [0.29, 0.717) is 5.92 Å². The van der Waals surface area contributed by atoms with Gasteiger partial charge in [0.1, 0.15) is 0 Å². The van der Waals surface area contributed by atoms with Gasteiger partial charge in [0, 0.05) is 14.6 Å². The maximum absolute atomic E-state index is 5.91. The van der Waals surface area contributed by atoms with E-state index in [-0.39, 0.29) is 0 Å². The summed E-state index contributed by atoms with van der Waals surface area (Å²) in [5.41, 5.74) is 0. The Morgan fingerprint density at radius 3 is 2.69 bits per heavy atom. The van der Waals surface area contributed by atoms with Crippen LogP contribution in [0.3, 0.4) is 0 Å². The molecule has 0 aliphatic heterocycles. The zero-order valence-electron chi connectivity index (χ0n) is 7.67. The van der Waals surface area contributed by atoms with Crippen molar-refractivity contribution in [2.45, 2.75) is 19.8 Å². The molecule has 0 saturated carbocycles. The summed E-state index contributed by atoms with van der Waals surface area (Å²) in [6, 6.07) is 8.30. The fourth-order valence-corrected chi connectivity index (χ4v) is 2.55. The summed E-state index contributed by atoms with van der Waals surface area (Å²) in [6.07, 6.45) is 0. The van der Waals surface area contributed by atoms with Crippen LogP contribution >= 0.6 is 22.9 Å². The smallest absolute Gasteiger partial charge is 0.0412 e. The number of benzene rings is 1. The fraction of sp³-hybridized carbons (Fsp3) is 0.273. The molecule has 1 aromatic heterocycles. The first-order valence-electron chi connectivity index (χ1n) is 4.36. The Kier molecular flexibility index (Phi) is 2.31. The lowest BCUT2D eigenvalue weighted by molar-refractivity contribution is 0.890. The van der Waals surface area contributed by atoms with E-state index in [1.54, 1.807) is 0 Å². The molecule has 0 saturated heterocycles. The Morgan fingerprint density at radius 1 is 1.23 bits per heavy atom. The minimum atomic E-state index is 0.608. The number of rotatable bonds is 1. The van der Waals surface area contributed by atoms with Gasteiger partial charge in [0.05, 0.1) is 0 Å². The zero-order chi connectivity index (χ0) is 9.42. The average molecular weight is 211 g/mol. The number of halogens is 1. The van der Waals surface area contributed by atoms with Crippen molar-refractivity contribution in [1.82, 2.24) is 0 Å². The van der Waals surface area contributed by atoms with E-state index in [1.165, 1.54) is 15.0 Å². The van der Waals surface area contributed by atoms with E-state index < -0.39 is 0 Å². The summed E-state index contributed by atoms with van der Waals surface area (Å²) in [5.74, 6) is 0.608. The van der Waals surface area contributed by atoms with Gasteiger partial charge < -0.3 is 0 Å². The van der Waals surface area contributed by atoms with Crippen LogP contribution in [-0.2, 0) is 0 Å². The molecule has 1 aromatic carbocycles. The molecule has 0 atom stereocenters. The summed E-state index contributed by atoms with van der Waals surface area (Å²) >= 11 is 7.77. The predicted octanol–water partition coefficient (Wildman–Crippen LogP) is 4.68. The molecule has 0 unspecified atom stereocenters. The Balaban J connectivity index is 2.62. The molecule has 0 N–H and O–H groups in total. The van der Waals surface area contributed by atoms with E-state index >= 15 is 0 Å². The highest BCUT2D eigenvalue weighted by molar-refractivity contribution is 7.19. The number of hydrogen-bond donors (Lipinski definition) is 0. The molecular weight excluding hydrogens is 200 g/mol. The minimum Gasteiger partial charge on any atom is -0.140 e. The van der Waals surface area contributed by atoms with Crippen molar-refractivity contribution in [3.05, 3.63) is 34.2 Å². The maximum atomic E-state index is 5.91. The molecule has 0 radical (unpaired) electrons. The Hall–Kier alpha value is -0.530. The molecule has 0 aliphatic carbocycles. The van der Waals surface area contributed by atoms with E-state index in [9.17, 15) is 0 Å². The van der Waals surface area contributed by atoms with E-state index in [0.717, 1.165) is 5.02 Å². The Morgan fingerprint density at radius 2 is 2.00 bits per heavy atom. The first-order chi connectivity index (χ1) is 6.16. The Bertz CT molecular complexity index is 429. The molecule has 0 nitrogen and oxygen atoms in total. The normalized spacial score (nSPS) is 11.4. The van der Waals surface area contributed by atoms with Crippen LogP contribution in [0.15, 0.2) is 24.3 Å². The molecule has 1 heterocycles. The van der Waals surface area contributed by atoms with Crippen LogP contribution in [0.2, 0.25) is 5.02 Å². The third-order valence-electron chi connectivity index (χ3n) is 2.07. The largest absolute Gasteiger partial charge is 0.140 e. The average Bonchev–Trinajstić information content (AvgIpc) is 2.46. The highest BCUT2D eigenvalue weighted by atomic mass is 35.5. The van der Waals surface area contributed by atoms with Crippen molar-refractivity contribution >= 4 is 33.0 Å². The summed E-state index contributed by atoms with van der Waals surface area (Å²) < 4.78 is 1.33. The lowest BCUT2D eigenvalue weighted by atomic mass is 10.1. The molecule has 13 heavy (non-hydrogen) atoms. The van der Waals surface area contributed by atoms with Gasteiger partial charge in [0.2, 0.25) is 0 Å². The highest BCUT2D eigenvalue weighted by Gasteiger charge is 2.04. The molecule has 68 valence electrons. The van der Waals surface area contributed by atoms with Gasteiger partial charge in [-0.05, 0) is 35.6 Å². The van der Waals surface area contributed by atoms with Crippen LogP contribution in [0.1, 0.15) is 24.6 Å². The third kappa shape index (κ3) is 1.72. The highest BCUT2D eigenvalue weighted by Crippen LogP contribution is 2.31. The van der Waals surface area contributed by atoms with Crippen molar-refractivity contribution in [3.63, 3.8) is 0 Å². The topological polar surface area (TPSA) is 0 Å². The van der Waals surface area contributed by atoms with Crippen LogP contribution in [0.4, 0.5) is 0 Å². The zero-order valence-corrected chi connectivity index (χ0v) is 9.25. The second kappa shape index (κ2) is 3.32. The minimum absolute atomic E-state index is 0.608. The van der Waals surface area contributed by atoms with Crippen molar-refractivity contribution < 1.29 is 0 Å². The third-order valence-corrected chi connectivity index (χ3v) is 3.72. The van der Waals surface area contributed by atoms with Gasteiger partial charge in [-0.2, -0.15) is 0 Å². The van der Waals surface area contributed by atoms with Crippen molar-refractivity contribution in [1.29, 1.82) is 0 Å². The van der Waals surface area contributed by atoms with Gasteiger partial charge in [-0.1, -0.05) is 25.4 Å². The standard InChI is InChI=1S/C11H11ClS/c1-7(2)11-6-8-5-9(12)3-4-10(8)13-11/h3-7H,1-2H3. The Labute approximate surface area is 87.2 Å². The molecule has 0 aliphatic rings. The van der Waals surface area contributed by atoms with Gasteiger partial charge in [-0.25, -0.2) is 0 Å². The maximum Gasteiger partial charge on any atom is 0.0412 e.